The molecular formula is C11H16N4O. The molecule has 16 heavy (non-hydrogen) atoms. The maximum Gasteiger partial charge on any atom is 0.237 e. The van der Waals surface area contributed by atoms with Crippen LogP contribution in [0.15, 0.2) is 12.4 Å². The number of terminal acetylenes is 1. The number of aromatic nitrogens is 2. The standard InChI is InChI=1S/C11H16N4O/c1-3-4-10(12)11(16)13-6-5-9-7-14-15(2)8-9/h1,7-8,10H,4-6,12H2,2H3,(H,13,16). The van der Waals surface area contributed by atoms with Gasteiger partial charge in [-0.1, -0.05) is 0 Å². The van der Waals surface area contributed by atoms with Crippen LogP contribution in [0.2, 0.25) is 0 Å². The predicted molar refractivity (Wildman–Crippen MR) is 61.3 cm³/mol. The van der Waals surface area contributed by atoms with E-state index in [1.54, 1.807) is 10.9 Å². The van der Waals surface area contributed by atoms with Gasteiger partial charge in [0.25, 0.3) is 0 Å². The molecule has 1 rings (SSSR count). The van der Waals surface area contributed by atoms with Gasteiger partial charge in [-0.3, -0.25) is 9.48 Å². The van der Waals surface area contributed by atoms with E-state index in [1.165, 1.54) is 0 Å². The zero-order valence-electron chi connectivity index (χ0n) is 9.31. The maximum atomic E-state index is 11.4. The Kier molecular flexibility index (Phi) is 4.55. The molecule has 1 atom stereocenters. The first-order valence-corrected chi connectivity index (χ1v) is 5.07. The number of nitrogens with one attached hydrogen (secondary N) is 1. The summed E-state index contributed by atoms with van der Waals surface area (Å²) in [5.74, 6) is 2.15. The van der Waals surface area contributed by atoms with Crippen molar-refractivity contribution in [2.75, 3.05) is 6.54 Å². The van der Waals surface area contributed by atoms with Crippen molar-refractivity contribution >= 4 is 5.91 Å². The molecule has 0 spiro atoms. The summed E-state index contributed by atoms with van der Waals surface area (Å²) in [6.07, 6.45) is 9.75. The minimum atomic E-state index is -0.612. The Morgan fingerprint density at radius 3 is 3.12 bits per heavy atom. The number of hydrogen-bond donors (Lipinski definition) is 2. The van der Waals surface area contributed by atoms with Crippen molar-refractivity contribution in [1.82, 2.24) is 15.1 Å². The quantitative estimate of drug-likeness (QED) is 0.653. The lowest BCUT2D eigenvalue weighted by atomic mass is 10.2. The van der Waals surface area contributed by atoms with E-state index in [0.717, 1.165) is 12.0 Å². The van der Waals surface area contributed by atoms with E-state index in [2.05, 4.69) is 16.3 Å². The van der Waals surface area contributed by atoms with Crippen LogP contribution in [-0.4, -0.2) is 28.3 Å². The van der Waals surface area contributed by atoms with E-state index < -0.39 is 6.04 Å². The molecule has 0 fully saturated rings. The molecule has 5 heteroatoms. The van der Waals surface area contributed by atoms with Crippen LogP contribution in [0.3, 0.4) is 0 Å². The largest absolute Gasteiger partial charge is 0.354 e. The minimum absolute atomic E-state index is 0.207. The molecule has 1 heterocycles. The van der Waals surface area contributed by atoms with Crippen LogP contribution < -0.4 is 11.1 Å². The van der Waals surface area contributed by atoms with E-state index in [0.29, 0.717) is 6.54 Å². The summed E-state index contributed by atoms with van der Waals surface area (Å²) in [5.41, 5.74) is 6.62. The van der Waals surface area contributed by atoms with Gasteiger partial charge in [-0.25, -0.2) is 0 Å². The second-order valence-corrected chi connectivity index (χ2v) is 3.58. The molecule has 1 amide bonds. The minimum Gasteiger partial charge on any atom is -0.354 e. The molecular weight excluding hydrogens is 204 g/mol. The van der Waals surface area contributed by atoms with Crippen molar-refractivity contribution in [1.29, 1.82) is 0 Å². The average Bonchev–Trinajstić information content (AvgIpc) is 2.64. The van der Waals surface area contributed by atoms with E-state index in [-0.39, 0.29) is 12.3 Å². The lowest BCUT2D eigenvalue weighted by Crippen LogP contribution is -2.41. The Bertz CT molecular complexity index is 391. The molecule has 1 aromatic heterocycles. The van der Waals surface area contributed by atoms with Gasteiger partial charge in [-0.05, 0) is 12.0 Å². The van der Waals surface area contributed by atoms with Crippen LogP contribution in [0, 0.1) is 12.3 Å². The van der Waals surface area contributed by atoms with Crippen molar-refractivity contribution in [3.63, 3.8) is 0 Å². The molecule has 0 saturated heterocycles. The summed E-state index contributed by atoms with van der Waals surface area (Å²) < 4.78 is 1.72. The highest BCUT2D eigenvalue weighted by atomic mass is 16.2. The van der Waals surface area contributed by atoms with E-state index >= 15 is 0 Å². The molecule has 0 aliphatic heterocycles. The normalized spacial score (nSPS) is 11.8. The van der Waals surface area contributed by atoms with Gasteiger partial charge in [-0.2, -0.15) is 5.10 Å². The third-order valence-electron chi connectivity index (χ3n) is 2.15. The van der Waals surface area contributed by atoms with Crippen LogP contribution in [0.25, 0.3) is 0 Å². The molecule has 1 aromatic rings. The van der Waals surface area contributed by atoms with Crippen molar-refractivity contribution in [3.8, 4) is 12.3 Å². The summed E-state index contributed by atoms with van der Waals surface area (Å²) in [6, 6.07) is -0.612. The Morgan fingerprint density at radius 2 is 2.56 bits per heavy atom. The molecule has 0 saturated carbocycles. The van der Waals surface area contributed by atoms with Crippen molar-refractivity contribution < 1.29 is 4.79 Å². The number of aryl methyl sites for hydroxylation is 1. The topological polar surface area (TPSA) is 72.9 Å². The number of carbonyl (C=O) groups is 1. The third-order valence-corrected chi connectivity index (χ3v) is 2.15. The molecule has 3 N–H and O–H groups in total. The Labute approximate surface area is 95.0 Å². The lowest BCUT2D eigenvalue weighted by molar-refractivity contribution is -0.122. The summed E-state index contributed by atoms with van der Waals surface area (Å²) in [7, 11) is 1.85. The number of nitrogens with zero attached hydrogens (tertiary/aromatic N) is 2. The summed E-state index contributed by atoms with van der Waals surface area (Å²) >= 11 is 0. The number of amides is 1. The first-order chi connectivity index (χ1) is 7.63. The smallest absolute Gasteiger partial charge is 0.237 e. The van der Waals surface area contributed by atoms with Crippen molar-refractivity contribution in [2.24, 2.45) is 12.8 Å². The summed E-state index contributed by atoms with van der Waals surface area (Å²) in [6.45, 7) is 0.544. The maximum absolute atomic E-state index is 11.4. The number of carbonyl (C=O) groups excluding carboxylic acids is 1. The van der Waals surface area contributed by atoms with Gasteiger partial charge in [0, 0.05) is 26.2 Å². The summed E-state index contributed by atoms with van der Waals surface area (Å²) in [5, 5.41) is 6.76. The fraction of sp³-hybridized carbons (Fsp3) is 0.455. The van der Waals surface area contributed by atoms with E-state index in [1.807, 2.05) is 13.2 Å². The second kappa shape index (κ2) is 5.93. The fourth-order valence-corrected chi connectivity index (χ4v) is 1.28. The number of nitrogens with two attached hydrogens (primary N) is 1. The van der Waals surface area contributed by atoms with Gasteiger partial charge < -0.3 is 11.1 Å². The lowest BCUT2D eigenvalue weighted by Gasteiger charge is -2.08. The first kappa shape index (κ1) is 12.3. The fourth-order valence-electron chi connectivity index (χ4n) is 1.28. The Morgan fingerprint density at radius 1 is 1.81 bits per heavy atom. The highest BCUT2D eigenvalue weighted by Crippen LogP contribution is 1.96. The molecule has 0 bridgehead atoms. The zero-order chi connectivity index (χ0) is 12.0. The highest BCUT2D eigenvalue weighted by molar-refractivity contribution is 5.81. The number of rotatable bonds is 5. The van der Waals surface area contributed by atoms with Gasteiger partial charge in [0.15, 0.2) is 0 Å². The van der Waals surface area contributed by atoms with Gasteiger partial charge >= 0.3 is 0 Å². The van der Waals surface area contributed by atoms with Gasteiger partial charge in [-0.15, -0.1) is 12.3 Å². The molecule has 0 radical (unpaired) electrons. The first-order valence-electron chi connectivity index (χ1n) is 5.07. The van der Waals surface area contributed by atoms with Crippen molar-refractivity contribution in [3.05, 3.63) is 18.0 Å². The van der Waals surface area contributed by atoms with Crippen LogP contribution in [0.5, 0.6) is 0 Å². The van der Waals surface area contributed by atoms with Gasteiger partial charge in [0.2, 0.25) is 5.91 Å². The molecule has 86 valence electrons. The van der Waals surface area contributed by atoms with Crippen LogP contribution in [-0.2, 0) is 18.3 Å². The van der Waals surface area contributed by atoms with Crippen LogP contribution in [0.1, 0.15) is 12.0 Å². The van der Waals surface area contributed by atoms with Gasteiger partial charge in [0.05, 0.1) is 12.2 Å². The van der Waals surface area contributed by atoms with Crippen molar-refractivity contribution in [2.45, 2.75) is 18.9 Å². The SMILES string of the molecule is C#CCC(N)C(=O)NCCc1cnn(C)c1. The monoisotopic (exact) mass is 220 g/mol. The van der Waals surface area contributed by atoms with E-state index in [4.69, 9.17) is 12.2 Å². The van der Waals surface area contributed by atoms with Crippen LogP contribution >= 0.6 is 0 Å². The molecule has 5 nitrogen and oxygen atoms in total. The molecule has 0 aromatic carbocycles. The Balaban J connectivity index is 2.25. The third kappa shape index (κ3) is 3.75. The number of hydrogen-bond acceptors (Lipinski definition) is 3. The van der Waals surface area contributed by atoms with Crippen LogP contribution in [0.4, 0.5) is 0 Å². The van der Waals surface area contributed by atoms with Gasteiger partial charge in [0.1, 0.15) is 0 Å². The molecule has 0 aliphatic rings. The second-order valence-electron chi connectivity index (χ2n) is 3.58. The Hall–Kier alpha value is -1.80. The zero-order valence-corrected chi connectivity index (χ0v) is 9.31. The molecule has 0 aliphatic carbocycles. The molecule has 1 unspecified atom stereocenters. The van der Waals surface area contributed by atoms with E-state index in [9.17, 15) is 4.79 Å². The highest BCUT2D eigenvalue weighted by Gasteiger charge is 2.10. The average molecular weight is 220 g/mol. The summed E-state index contributed by atoms with van der Waals surface area (Å²) in [4.78, 5) is 11.4. The predicted octanol–water partition coefficient (Wildman–Crippen LogP) is -0.571.